The fraction of sp³-hybridized carbons (Fsp3) is 0.333. The van der Waals surface area contributed by atoms with Crippen molar-refractivity contribution in [3.63, 3.8) is 0 Å². The summed E-state index contributed by atoms with van der Waals surface area (Å²) in [5, 5.41) is -0.309. The van der Waals surface area contributed by atoms with Crippen LogP contribution in [0.3, 0.4) is 0 Å². The number of alkyl halides is 2. The lowest BCUT2D eigenvalue weighted by atomic mass is 9.99. The van der Waals surface area contributed by atoms with E-state index >= 15 is 0 Å². The molecule has 1 unspecified atom stereocenters. The Morgan fingerprint density at radius 3 is 2.24 bits per heavy atom. The SMILES string of the molecule is O=S(c1ccc(-c2ccc(F)cc2F)cc1)C(F)(F)C1CCNCC1. The van der Waals surface area contributed by atoms with Crippen LogP contribution in [-0.2, 0) is 10.8 Å². The first kappa shape index (κ1) is 18.1. The van der Waals surface area contributed by atoms with Gasteiger partial charge in [0.05, 0.1) is 0 Å². The lowest BCUT2D eigenvalue weighted by Gasteiger charge is -2.29. The predicted octanol–water partition coefficient (Wildman–Crippen LogP) is 4.33. The molecule has 0 radical (unpaired) electrons. The number of halogens is 4. The fourth-order valence-corrected chi connectivity index (χ4v) is 4.18. The van der Waals surface area contributed by atoms with Crippen LogP contribution in [0.15, 0.2) is 47.4 Å². The van der Waals surface area contributed by atoms with E-state index in [-0.39, 0.29) is 23.3 Å². The maximum absolute atomic E-state index is 14.5. The Bertz CT molecular complexity index is 773. The van der Waals surface area contributed by atoms with Crippen LogP contribution in [0.1, 0.15) is 12.8 Å². The van der Waals surface area contributed by atoms with Crippen LogP contribution >= 0.6 is 0 Å². The Balaban J connectivity index is 1.82. The molecule has 1 N–H and O–H groups in total. The molecule has 0 spiro atoms. The van der Waals surface area contributed by atoms with E-state index in [1.807, 2.05) is 0 Å². The summed E-state index contributed by atoms with van der Waals surface area (Å²) in [6.07, 6.45) is 0.551. The number of hydrogen-bond acceptors (Lipinski definition) is 2. The van der Waals surface area contributed by atoms with E-state index in [4.69, 9.17) is 0 Å². The van der Waals surface area contributed by atoms with Crippen LogP contribution in [0, 0.1) is 17.6 Å². The van der Waals surface area contributed by atoms with Gasteiger partial charge in [0, 0.05) is 22.4 Å². The second-order valence-corrected chi connectivity index (χ2v) is 7.56. The first-order valence-electron chi connectivity index (χ1n) is 7.95. The first-order valence-corrected chi connectivity index (χ1v) is 9.10. The summed E-state index contributed by atoms with van der Waals surface area (Å²) in [4.78, 5) is -0.00481. The van der Waals surface area contributed by atoms with E-state index in [2.05, 4.69) is 5.32 Å². The Morgan fingerprint density at radius 1 is 1.00 bits per heavy atom. The molecule has 1 aliphatic heterocycles. The van der Waals surface area contributed by atoms with Gasteiger partial charge in [-0.1, -0.05) is 12.1 Å². The Hall–Kier alpha value is -1.73. The Kier molecular flexibility index (Phi) is 5.24. The van der Waals surface area contributed by atoms with Gasteiger partial charge in [-0.2, -0.15) is 8.78 Å². The number of nitrogens with one attached hydrogen (secondary N) is 1. The van der Waals surface area contributed by atoms with Gasteiger partial charge in [0.1, 0.15) is 22.4 Å². The molecule has 1 fully saturated rings. The molecule has 1 atom stereocenters. The molecule has 2 aromatic carbocycles. The maximum Gasteiger partial charge on any atom is 0.328 e. The third-order valence-electron chi connectivity index (χ3n) is 4.37. The van der Waals surface area contributed by atoms with Crippen LogP contribution in [0.25, 0.3) is 11.1 Å². The summed E-state index contributed by atoms with van der Waals surface area (Å²) >= 11 is 0. The van der Waals surface area contributed by atoms with Gasteiger partial charge in [0.25, 0.3) is 0 Å². The highest BCUT2D eigenvalue weighted by Gasteiger charge is 2.46. The van der Waals surface area contributed by atoms with Crippen molar-refractivity contribution < 1.29 is 21.8 Å². The minimum absolute atomic E-state index is 0.00481. The predicted molar refractivity (Wildman–Crippen MR) is 88.7 cm³/mol. The smallest absolute Gasteiger partial charge is 0.317 e. The maximum atomic E-state index is 14.5. The van der Waals surface area contributed by atoms with Crippen molar-refractivity contribution in [1.29, 1.82) is 0 Å². The summed E-state index contributed by atoms with van der Waals surface area (Å²) in [6.45, 7) is 0.973. The molecular formula is C18H17F4NOS. The number of hydrogen-bond donors (Lipinski definition) is 1. The highest BCUT2D eigenvalue weighted by atomic mass is 32.2. The molecule has 2 aromatic rings. The van der Waals surface area contributed by atoms with E-state index in [1.165, 1.54) is 30.3 Å². The van der Waals surface area contributed by atoms with Gasteiger partial charge in [-0.3, -0.25) is 0 Å². The third-order valence-corrected chi connectivity index (χ3v) is 5.90. The zero-order valence-corrected chi connectivity index (χ0v) is 14.1. The second-order valence-electron chi connectivity index (χ2n) is 6.00. The molecule has 0 amide bonds. The summed E-state index contributed by atoms with van der Waals surface area (Å²) in [5.74, 6) is -2.36. The van der Waals surface area contributed by atoms with Crippen molar-refractivity contribution in [1.82, 2.24) is 5.32 Å². The molecule has 1 saturated heterocycles. The van der Waals surface area contributed by atoms with Crippen molar-refractivity contribution in [3.05, 3.63) is 54.1 Å². The zero-order chi connectivity index (χ0) is 18.0. The number of rotatable bonds is 4. The van der Waals surface area contributed by atoms with Gasteiger partial charge in [-0.05, 0) is 55.8 Å². The molecule has 0 aromatic heterocycles. The van der Waals surface area contributed by atoms with E-state index in [0.29, 0.717) is 18.7 Å². The zero-order valence-electron chi connectivity index (χ0n) is 13.3. The molecule has 0 bridgehead atoms. The molecule has 0 saturated carbocycles. The molecule has 1 heterocycles. The van der Waals surface area contributed by atoms with E-state index in [1.54, 1.807) is 0 Å². The topological polar surface area (TPSA) is 29.1 Å². The average Bonchev–Trinajstić information content (AvgIpc) is 2.62. The summed E-state index contributed by atoms with van der Waals surface area (Å²) < 4.78 is 68.1. The van der Waals surface area contributed by atoms with Crippen LogP contribution in [0.5, 0.6) is 0 Å². The molecule has 2 nitrogen and oxygen atoms in total. The highest BCUT2D eigenvalue weighted by molar-refractivity contribution is 7.86. The van der Waals surface area contributed by atoms with E-state index < -0.39 is 33.6 Å². The lowest BCUT2D eigenvalue weighted by Crippen LogP contribution is -2.40. The van der Waals surface area contributed by atoms with Gasteiger partial charge < -0.3 is 5.32 Å². The fourth-order valence-electron chi connectivity index (χ4n) is 2.95. The summed E-state index contributed by atoms with van der Waals surface area (Å²) in [5.41, 5.74) is 0.562. The Morgan fingerprint density at radius 2 is 1.64 bits per heavy atom. The van der Waals surface area contributed by atoms with Gasteiger partial charge >= 0.3 is 5.25 Å². The van der Waals surface area contributed by atoms with Crippen LogP contribution in [-0.4, -0.2) is 22.6 Å². The van der Waals surface area contributed by atoms with E-state index in [0.717, 1.165) is 12.1 Å². The molecule has 1 aliphatic rings. The van der Waals surface area contributed by atoms with Crippen molar-refractivity contribution in [2.45, 2.75) is 23.0 Å². The molecule has 134 valence electrons. The molecule has 3 rings (SSSR count). The monoisotopic (exact) mass is 371 g/mol. The van der Waals surface area contributed by atoms with Gasteiger partial charge in [-0.25, -0.2) is 13.0 Å². The van der Waals surface area contributed by atoms with E-state index in [9.17, 15) is 21.8 Å². The van der Waals surface area contributed by atoms with Crippen LogP contribution in [0.2, 0.25) is 0 Å². The molecular weight excluding hydrogens is 354 g/mol. The number of benzene rings is 2. The minimum Gasteiger partial charge on any atom is -0.317 e. The largest absolute Gasteiger partial charge is 0.328 e. The number of piperidine rings is 1. The second kappa shape index (κ2) is 7.25. The summed E-state index contributed by atoms with van der Waals surface area (Å²) in [6, 6.07) is 8.61. The van der Waals surface area contributed by atoms with Crippen molar-refractivity contribution in [2.75, 3.05) is 13.1 Å². The standard InChI is InChI=1S/C18H17F4NOS/c19-14-3-6-16(17(20)11-14)12-1-4-15(5-2-12)25(24)18(21,22)13-7-9-23-10-8-13/h1-6,11,13,23H,7-10H2. The van der Waals surface area contributed by atoms with Crippen LogP contribution in [0.4, 0.5) is 17.6 Å². The molecule has 7 heteroatoms. The summed E-state index contributed by atoms with van der Waals surface area (Å²) in [7, 11) is -2.48. The van der Waals surface area contributed by atoms with Gasteiger partial charge in [0.15, 0.2) is 0 Å². The molecule has 25 heavy (non-hydrogen) atoms. The van der Waals surface area contributed by atoms with Crippen molar-refractivity contribution in [2.24, 2.45) is 5.92 Å². The first-order chi connectivity index (χ1) is 11.9. The lowest BCUT2D eigenvalue weighted by molar-refractivity contribution is 0.0173. The van der Waals surface area contributed by atoms with Crippen molar-refractivity contribution in [3.8, 4) is 11.1 Å². The third kappa shape index (κ3) is 3.77. The quantitative estimate of drug-likeness (QED) is 0.811. The minimum atomic E-state index is -3.31. The average molecular weight is 371 g/mol. The Labute approximate surface area is 145 Å². The normalized spacial score (nSPS) is 17.4. The van der Waals surface area contributed by atoms with Gasteiger partial charge in [0.2, 0.25) is 0 Å². The highest BCUT2D eigenvalue weighted by Crippen LogP contribution is 2.37. The van der Waals surface area contributed by atoms with Crippen LogP contribution < -0.4 is 5.32 Å². The van der Waals surface area contributed by atoms with Crippen molar-refractivity contribution >= 4 is 10.8 Å². The molecule has 0 aliphatic carbocycles. The van der Waals surface area contributed by atoms with Gasteiger partial charge in [-0.15, -0.1) is 0 Å².